The number of nitrogens with two attached hydrogens (primary N) is 1. The van der Waals surface area contributed by atoms with E-state index < -0.39 is 0 Å². The van der Waals surface area contributed by atoms with Crippen molar-refractivity contribution in [1.82, 2.24) is 15.2 Å². The Bertz CT molecular complexity index is 847. The first-order valence-electron chi connectivity index (χ1n) is 4.97. The summed E-state index contributed by atoms with van der Waals surface area (Å²) < 4.78 is 0. The van der Waals surface area contributed by atoms with Crippen LogP contribution in [0.1, 0.15) is 0 Å². The zero-order valence-corrected chi connectivity index (χ0v) is 8.65. The Kier molecular flexibility index (Phi) is 1.79. The highest BCUT2D eigenvalue weighted by Crippen LogP contribution is 2.15. The molecule has 0 saturated heterocycles. The molecule has 17 heavy (non-hydrogen) atoms. The smallest absolute Gasteiger partial charge is 0.258 e. The lowest BCUT2D eigenvalue weighted by Crippen LogP contribution is -2.12. The van der Waals surface area contributed by atoms with Gasteiger partial charge in [-0.2, -0.15) is 5.10 Å². The highest BCUT2D eigenvalue weighted by atomic mass is 16.1. The molecule has 0 aliphatic heterocycles. The van der Waals surface area contributed by atoms with Crippen molar-refractivity contribution in [3.63, 3.8) is 0 Å². The maximum atomic E-state index is 11.8. The number of rotatable bonds is 0. The maximum absolute atomic E-state index is 11.8. The standard InChI is InChI=1S/C11H8N4O2/c12-8-4-5-10(15-14-8)9-6(13-11(5)17)2-1-3-7(9)16/h1-4,15H,(H2,12,14)(H,13,17). The number of hydrogen-bond donors (Lipinski definition) is 3. The first-order valence-corrected chi connectivity index (χ1v) is 4.97. The topological polar surface area (TPSA) is 105 Å². The van der Waals surface area contributed by atoms with Crippen LogP contribution < -0.4 is 16.7 Å². The lowest BCUT2D eigenvalue weighted by Gasteiger charge is -2.02. The SMILES string of the molecule is Nc1cc2c(=O)[nH]c3cccc(=O)c3c2[nH]n1. The molecule has 84 valence electrons. The second-order valence-corrected chi connectivity index (χ2v) is 3.71. The van der Waals surface area contributed by atoms with Crippen LogP contribution in [0, 0.1) is 0 Å². The number of nitrogen functional groups attached to an aromatic ring is 1. The lowest BCUT2D eigenvalue weighted by atomic mass is 10.1. The summed E-state index contributed by atoms with van der Waals surface area (Å²) in [6.45, 7) is 0. The largest absolute Gasteiger partial charge is 0.382 e. The molecule has 1 aromatic carbocycles. The Morgan fingerprint density at radius 1 is 1.24 bits per heavy atom. The van der Waals surface area contributed by atoms with Gasteiger partial charge in [-0.15, -0.1) is 0 Å². The maximum Gasteiger partial charge on any atom is 0.258 e. The molecular weight excluding hydrogens is 220 g/mol. The van der Waals surface area contributed by atoms with Gasteiger partial charge in [-0.1, -0.05) is 6.07 Å². The van der Waals surface area contributed by atoms with E-state index in [0.717, 1.165) is 0 Å². The van der Waals surface area contributed by atoms with Gasteiger partial charge in [0.25, 0.3) is 5.56 Å². The van der Waals surface area contributed by atoms with Gasteiger partial charge < -0.3 is 10.7 Å². The Balaban J connectivity index is 2.73. The van der Waals surface area contributed by atoms with Crippen LogP contribution in [0.3, 0.4) is 0 Å². The van der Waals surface area contributed by atoms with Crippen molar-refractivity contribution in [1.29, 1.82) is 0 Å². The van der Waals surface area contributed by atoms with Crippen molar-refractivity contribution in [2.24, 2.45) is 0 Å². The molecule has 6 heteroatoms. The molecule has 0 amide bonds. The first-order chi connectivity index (χ1) is 8.16. The second-order valence-electron chi connectivity index (χ2n) is 3.71. The summed E-state index contributed by atoms with van der Waals surface area (Å²) in [5.41, 5.74) is 5.91. The van der Waals surface area contributed by atoms with E-state index in [9.17, 15) is 9.59 Å². The molecule has 3 aromatic rings. The Labute approximate surface area is 94.1 Å². The molecular formula is C11H8N4O2. The minimum absolute atomic E-state index is 0.174. The van der Waals surface area contributed by atoms with Crippen molar-refractivity contribution in [3.8, 4) is 0 Å². The molecule has 0 radical (unpaired) electrons. The van der Waals surface area contributed by atoms with Gasteiger partial charge in [0.2, 0.25) is 0 Å². The van der Waals surface area contributed by atoms with E-state index in [1.165, 1.54) is 12.1 Å². The zero-order chi connectivity index (χ0) is 12.0. The van der Waals surface area contributed by atoms with Crippen LogP contribution in [0.4, 0.5) is 5.82 Å². The summed E-state index contributed by atoms with van der Waals surface area (Å²) in [4.78, 5) is 26.2. The van der Waals surface area contributed by atoms with Gasteiger partial charge >= 0.3 is 0 Å². The number of benzene rings is 1. The Morgan fingerprint density at radius 2 is 2.06 bits per heavy atom. The molecule has 0 bridgehead atoms. The highest BCUT2D eigenvalue weighted by molar-refractivity contribution is 6.02. The number of nitrogens with zero attached hydrogens (tertiary/aromatic N) is 1. The van der Waals surface area contributed by atoms with Gasteiger partial charge in [-0.25, -0.2) is 0 Å². The minimum Gasteiger partial charge on any atom is -0.382 e. The van der Waals surface area contributed by atoms with Crippen molar-refractivity contribution in [2.45, 2.75) is 0 Å². The molecule has 0 spiro atoms. The Hall–Kier alpha value is -2.63. The highest BCUT2D eigenvalue weighted by Gasteiger charge is 2.08. The van der Waals surface area contributed by atoms with Crippen molar-refractivity contribution < 1.29 is 0 Å². The van der Waals surface area contributed by atoms with Crippen LogP contribution in [-0.4, -0.2) is 15.2 Å². The van der Waals surface area contributed by atoms with Gasteiger partial charge in [0.1, 0.15) is 5.82 Å². The van der Waals surface area contributed by atoms with Gasteiger partial charge in [-0.3, -0.25) is 14.7 Å². The monoisotopic (exact) mass is 228 g/mol. The molecule has 0 aliphatic rings. The molecule has 0 aliphatic carbocycles. The van der Waals surface area contributed by atoms with Crippen LogP contribution >= 0.6 is 0 Å². The minimum atomic E-state index is -0.302. The summed E-state index contributed by atoms with van der Waals surface area (Å²) in [5.74, 6) is 0.200. The number of H-pyrrole nitrogens is 2. The average molecular weight is 228 g/mol. The lowest BCUT2D eigenvalue weighted by molar-refractivity contribution is 1.09. The van der Waals surface area contributed by atoms with Gasteiger partial charge in [0.05, 0.1) is 21.8 Å². The third-order valence-electron chi connectivity index (χ3n) is 2.63. The third kappa shape index (κ3) is 1.31. The first kappa shape index (κ1) is 9.59. The van der Waals surface area contributed by atoms with Crippen molar-refractivity contribution in [2.75, 3.05) is 5.73 Å². The van der Waals surface area contributed by atoms with Gasteiger partial charge in [-0.05, 0) is 18.2 Å². The van der Waals surface area contributed by atoms with E-state index in [1.807, 2.05) is 0 Å². The number of pyridine rings is 1. The van der Waals surface area contributed by atoms with Crippen LogP contribution in [0.15, 0.2) is 33.9 Å². The fraction of sp³-hybridized carbons (Fsp3) is 0. The number of nitrogens with one attached hydrogen (secondary N) is 2. The molecule has 0 saturated carbocycles. The number of aromatic nitrogens is 3. The zero-order valence-electron chi connectivity index (χ0n) is 8.65. The van der Waals surface area contributed by atoms with Crippen LogP contribution in [0.2, 0.25) is 0 Å². The molecule has 6 nitrogen and oxygen atoms in total. The van der Waals surface area contributed by atoms with Crippen molar-refractivity contribution in [3.05, 3.63) is 44.8 Å². The van der Waals surface area contributed by atoms with Crippen LogP contribution in [0.25, 0.3) is 21.8 Å². The predicted molar refractivity (Wildman–Crippen MR) is 64.9 cm³/mol. The molecule has 4 N–H and O–H groups in total. The molecule has 2 heterocycles. The number of anilines is 1. The van der Waals surface area contributed by atoms with E-state index in [0.29, 0.717) is 21.8 Å². The van der Waals surface area contributed by atoms with E-state index in [2.05, 4.69) is 15.2 Å². The summed E-state index contributed by atoms with van der Waals surface area (Å²) >= 11 is 0. The summed E-state index contributed by atoms with van der Waals surface area (Å²) in [6.07, 6.45) is 0. The van der Waals surface area contributed by atoms with Gasteiger partial charge in [0, 0.05) is 0 Å². The fourth-order valence-corrected chi connectivity index (χ4v) is 1.89. The number of hydrogen-bond acceptors (Lipinski definition) is 4. The molecule has 2 aromatic heterocycles. The third-order valence-corrected chi connectivity index (χ3v) is 2.63. The Morgan fingerprint density at radius 3 is 2.88 bits per heavy atom. The molecule has 0 fully saturated rings. The average Bonchev–Trinajstić information content (AvgIpc) is 2.30. The normalized spacial score (nSPS) is 11.1. The van der Waals surface area contributed by atoms with Crippen LogP contribution in [-0.2, 0) is 0 Å². The summed E-state index contributed by atoms with van der Waals surface area (Å²) in [6, 6.07) is 6.14. The van der Waals surface area contributed by atoms with Crippen molar-refractivity contribution >= 4 is 27.6 Å². The van der Waals surface area contributed by atoms with E-state index in [-0.39, 0.29) is 16.8 Å². The van der Waals surface area contributed by atoms with E-state index >= 15 is 0 Å². The number of aromatic amines is 2. The quantitative estimate of drug-likeness (QED) is 0.483. The fourth-order valence-electron chi connectivity index (χ4n) is 1.89. The summed E-state index contributed by atoms with van der Waals surface area (Å²) in [7, 11) is 0. The van der Waals surface area contributed by atoms with Gasteiger partial charge in [0.15, 0.2) is 5.43 Å². The van der Waals surface area contributed by atoms with E-state index in [1.54, 1.807) is 12.1 Å². The summed E-state index contributed by atoms with van der Waals surface area (Å²) in [5, 5.41) is 7.19. The molecule has 0 unspecified atom stereocenters. The molecule has 0 atom stereocenters. The van der Waals surface area contributed by atoms with E-state index in [4.69, 9.17) is 5.73 Å². The molecule has 3 rings (SSSR count). The van der Waals surface area contributed by atoms with Crippen LogP contribution in [0.5, 0.6) is 0 Å². The predicted octanol–water partition coefficient (Wildman–Crippen LogP) is 0.347. The second kappa shape index (κ2) is 3.18. The number of fused-ring (bicyclic) bond motifs is 3.